The summed E-state index contributed by atoms with van der Waals surface area (Å²) in [6.07, 6.45) is -3.57. The molecule has 2 aromatic carbocycles. The molecular weight excluding hydrogens is 362 g/mol. The number of benzene rings is 2. The number of rotatable bonds is 3. The van der Waals surface area contributed by atoms with Gasteiger partial charge in [0.2, 0.25) is 0 Å². The van der Waals surface area contributed by atoms with E-state index >= 15 is 0 Å². The highest BCUT2D eigenvalue weighted by atomic mass is 79.9. The highest BCUT2D eigenvalue weighted by molar-refractivity contribution is 9.10. The second-order valence-electron chi connectivity index (χ2n) is 4.59. The molecule has 0 saturated carbocycles. The summed E-state index contributed by atoms with van der Waals surface area (Å²) in [7, 11) is 0. The van der Waals surface area contributed by atoms with Gasteiger partial charge in [0.15, 0.2) is 11.5 Å². The van der Waals surface area contributed by atoms with E-state index in [1.54, 1.807) is 23.9 Å². The predicted octanol–water partition coefficient (Wildman–Crippen LogP) is 5.62. The molecule has 0 spiro atoms. The third-order valence-corrected chi connectivity index (χ3v) is 4.65. The van der Waals surface area contributed by atoms with Crippen LogP contribution in [0, 0.1) is 0 Å². The Kier molecular flexibility index (Phi) is 3.84. The van der Waals surface area contributed by atoms with Gasteiger partial charge in [0.1, 0.15) is 0 Å². The number of ether oxygens (including phenoxy) is 2. The Morgan fingerprint density at radius 1 is 1.10 bits per heavy atom. The van der Waals surface area contributed by atoms with E-state index in [1.807, 2.05) is 31.2 Å². The lowest BCUT2D eigenvalue weighted by atomic mass is 10.1. The van der Waals surface area contributed by atoms with Gasteiger partial charge in [-0.25, -0.2) is 0 Å². The topological polar surface area (TPSA) is 18.5 Å². The third-order valence-electron chi connectivity index (χ3n) is 3.00. The van der Waals surface area contributed by atoms with Gasteiger partial charge in [-0.15, -0.1) is 20.5 Å². The molecule has 1 aliphatic heterocycles. The van der Waals surface area contributed by atoms with E-state index in [0.29, 0.717) is 0 Å². The maximum absolute atomic E-state index is 13.0. The quantitative estimate of drug-likeness (QED) is 0.651. The van der Waals surface area contributed by atoms with Gasteiger partial charge < -0.3 is 9.47 Å². The minimum absolute atomic E-state index is 0.0726. The molecule has 110 valence electrons. The molecule has 0 radical (unpaired) electrons. The molecule has 1 atom stereocenters. The van der Waals surface area contributed by atoms with Crippen LogP contribution in [0.25, 0.3) is 0 Å². The van der Waals surface area contributed by atoms with Crippen molar-refractivity contribution in [3.8, 4) is 11.5 Å². The first-order valence-corrected chi connectivity index (χ1v) is 7.92. The van der Waals surface area contributed by atoms with Gasteiger partial charge in [-0.3, -0.25) is 0 Å². The number of hydrogen-bond acceptors (Lipinski definition) is 3. The lowest BCUT2D eigenvalue weighted by Crippen LogP contribution is -2.25. The molecule has 0 bridgehead atoms. The first-order valence-electron chi connectivity index (χ1n) is 6.25. The standard InChI is InChI=1S/C15H11BrF2O2S/c1-9(21-12-4-2-3-11(16)8-12)10-5-6-13-14(7-10)20-15(17,18)19-13/h2-9H,1H3. The molecule has 1 aliphatic rings. The van der Waals surface area contributed by atoms with Crippen molar-refractivity contribution in [1.82, 2.24) is 0 Å². The number of thioether (sulfide) groups is 1. The molecule has 2 aromatic rings. The molecule has 0 amide bonds. The van der Waals surface area contributed by atoms with Gasteiger partial charge in [-0.1, -0.05) is 28.1 Å². The molecule has 0 aromatic heterocycles. The molecule has 21 heavy (non-hydrogen) atoms. The third kappa shape index (κ3) is 3.32. The monoisotopic (exact) mass is 372 g/mol. The Morgan fingerprint density at radius 2 is 1.86 bits per heavy atom. The zero-order valence-corrected chi connectivity index (χ0v) is 13.4. The molecule has 2 nitrogen and oxygen atoms in total. The highest BCUT2D eigenvalue weighted by Crippen LogP contribution is 2.44. The first kappa shape index (κ1) is 14.7. The summed E-state index contributed by atoms with van der Waals surface area (Å²) in [4.78, 5) is 1.10. The second kappa shape index (κ2) is 5.50. The van der Waals surface area contributed by atoms with Gasteiger partial charge >= 0.3 is 6.29 Å². The molecule has 0 N–H and O–H groups in total. The molecular formula is C15H11BrF2O2S. The van der Waals surface area contributed by atoms with Crippen molar-refractivity contribution in [3.05, 3.63) is 52.5 Å². The summed E-state index contributed by atoms with van der Waals surface area (Å²) < 4.78 is 35.9. The van der Waals surface area contributed by atoms with E-state index in [1.165, 1.54) is 6.07 Å². The van der Waals surface area contributed by atoms with Crippen LogP contribution in [0.15, 0.2) is 51.8 Å². The number of halogens is 3. The number of hydrogen-bond donors (Lipinski definition) is 0. The van der Waals surface area contributed by atoms with E-state index in [0.717, 1.165) is 14.9 Å². The Bertz CT molecular complexity index is 678. The predicted molar refractivity (Wildman–Crippen MR) is 81.1 cm³/mol. The van der Waals surface area contributed by atoms with Crippen LogP contribution in [-0.4, -0.2) is 6.29 Å². The fourth-order valence-corrected chi connectivity index (χ4v) is 3.62. The van der Waals surface area contributed by atoms with E-state index < -0.39 is 6.29 Å². The Balaban J connectivity index is 1.79. The van der Waals surface area contributed by atoms with E-state index in [-0.39, 0.29) is 16.7 Å². The average Bonchev–Trinajstić information content (AvgIpc) is 2.71. The fourth-order valence-electron chi connectivity index (χ4n) is 2.03. The molecule has 0 saturated heterocycles. The largest absolute Gasteiger partial charge is 0.586 e. The summed E-state index contributed by atoms with van der Waals surface area (Å²) in [6, 6.07) is 12.8. The van der Waals surface area contributed by atoms with Crippen LogP contribution < -0.4 is 9.47 Å². The molecule has 3 rings (SSSR count). The van der Waals surface area contributed by atoms with Crippen molar-refractivity contribution in [2.45, 2.75) is 23.4 Å². The van der Waals surface area contributed by atoms with Crippen LogP contribution >= 0.6 is 27.7 Å². The van der Waals surface area contributed by atoms with Crippen molar-refractivity contribution >= 4 is 27.7 Å². The second-order valence-corrected chi connectivity index (χ2v) is 6.92. The van der Waals surface area contributed by atoms with Crippen LogP contribution in [0.2, 0.25) is 0 Å². The van der Waals surface area contributed by atoms with Crippen molar-refractivity contribution in [2.75, 3.05) is 0 Å². The smallest absolute Gasteiger partial charge is 0.395 e. The summed E-state index contributed by atoms with van der Waals surface area (Å²) in [5.74, 6) is 0.155. The van der Waals surface area contributed by atoms with E-state index in [4.69, 9.17) is 0 Å². The summed E-state index contributed by atoms with van der Waals surface area (Å²) in [6.45, 7) is 2.02. The van der Waals surface area contributed by atoms with Crippen LogP contribution in [-0.2, 0) is 0 Å². The Labute approximate surface area is 133 Å². The maximum atomic E-state index is 13.0. The first-order chi connectivity index (χ1) is 9.93. The zero-order valence-electron chi connectivity index (χ0n) is 11.0. The molecule has 6 heteroatoms. The van der Waals surface area contributed by atoms with Gasteiger partial charge in [0.05, 0.1) is 0 Å². The average molecular weight is 373 g/mol. The van der Waals surface area contributed by atoms with E-state index in [9.17, 15) is 8.78 Å². The zero-order chi connectivity index (χ0) is 15.0. The van der Waals surface area contributed by atoms with Crippen molar-refractivity contribution < 1.29 is 18.3 Å². The van der Waals surface area contributed by atoms with Crippen molar-refractivity contribution in [3.63, 3.8) is 0 Å². The van der Waals surface area contributed by atoms with Gasteiger partial charge in [0, 0.05) is 14.6 Å². The van der Waals surface area contributed by atoms with Crippen LogP contribution in [0.4, 0.5) is 8.78 Å². The van der Waals surface area contributed by atoms with Crippen LogP contribution in [0.3, 0.4) is 0 Å². The van der Waals surface area contributed by atoms with Crippen molar-refractivity contribution in [2.24, 2.45) is 0 Å². The fraction of sp³-hybridized carbons (Fsp3) is 0.200. The molecule has 1 unspecified atom stereocenters. The van der Waals surface area contributed by atoms with Gasteiger partial charge in [-0.05, 0) is 42.8 Å². The Hall–Kier alpha value is -1.27. The SMILES string of the molecule is CC(Sc1cccc(Br)c1)c1ccc2c(c1)OC(F)(F)O2. The van der Waals surface area contributed by atoms with Gasteiger partial charge in [0.25, 0.3) is 0 Å². The van der Waals surface area contributed by atoms with Crippen LogP contribution in [0.5, 0.6) is 11.5 Å². The summed E-state index contributed by atoms with van der Waals surface area (Å²) >= 11 is 5.07. The highest BCUT2D eigenvalue weighted by Gasteiger charge is 2.43. The lowest BCUT2D eigenvalue weighted by molar-refractivity contribution is -0.286. The minimum Gasteiger partial charge on any atom is -0.395 e. The number of fused-ring (bicyclic) bond motifs is 1. The van der Waals surface area contributed by atoms with Gasteiger partial charge in [-0.2, -0.15) is 0 Å². The molecule has 0 fully saturated rings. The minimum atomic E-state index is -3.57. The van der Waals surface area contributed by atoms with Crippen LogP contribution in [0.1, 0.15) is 17.7 Å². The van der Waals surface area contributed by atoms with Crippen molar-refractivity contribution in [1.29, 1.82) is 0 Å². The summed E-state index contributed by atoms with van der Waals surface area (Å²) in [5.41, 5.74) is 0.903. The summed E-state index contributed by atoms with van der Waals surface area (Å²) in [5, 5.41) is 0.0995. The number of alkyl halides is 2. The molecule has 1 heterocycles. The molecule has 0 aliphatic carbocycles. The Morgan fingerprint density at radius 3 is 2.62 bits per heavy atom. The maximum Gasteiger partial charge on any atom is 0.586 e. The van der Waals surface area contributed by atoms with E-state index in [2.05, 4.69) is 25.4 Å². The lowest BCUT2D eigenvalue weighted by Gasteiger charge is -2.12. The normalized spacial score (nSPS) is 16.8.